The maximum absolute atomic E-state index is 12.2. The summed E-state index contributed by atoms with van der Waals surface area (Å²) in [6, 6.07) is 4.94. The Labute approximate surface area is 158 Å². The van der Waals surface area contributed by atoms with Crippen LogP contribution in [0.15, 0.2) is 27.2 Å². The summed E-state index contributed by atoms with van der Waals surface area (Å²) < 4.78 is 21.1. The van der Waals surface area contributed by atoms with E-state index >= 15 is 0 Å². The van der Waals surface area contributed by atoms with E-state index in [0.29, 0.717) is 27.3 Å². The Kier molecular flexibility index (Phi) is 6.62. The second-order valence-corrected chi connectivity index (χ2v) is 6.27. The molecule has 1 N–H and O–H groups in total. The van der Waals surface area contributed by atoms with E-state index in [-0.39, 0.29) is 12.2 Å². The minimum absolute atomic E-state index is 0.0401. The van der Waals surface area contributed by atoms with Crippen LogP contribution >= 0.6 is 15.9 Å². The van der Waals surface area contributed by atoms with Crippen molar-refractivity contribution in [3.63, 3.8) is 0 Å². The maximum atomic E-state index is 12.2. The van der Waals surface area contributed by atoms with E-state index in [2.05, 4.69) is 26.4 Å². The Balaban J connectivity index is 1.98. The molecule has 0 saturated carbocycles. The van der Waals surface area contributed by atoms with E-state index in [1.54, 1.807) is 25.1 Å². The Morgan fingerprint density at radius 3 is 2.46 bits per heavy atom. The molecule has 8 nitrogen and oxygen atoms in total. The Hall–Kier alpha value is -2.55. The van der Waals surface area contributed by atoms with Crippen LogP contribution in [0.2, 0.25) is 0 Å². The monoisotopic (exact) mass is 426 g/mol. The number of nitrogens with one attached hydrogen (secondary N) is 1. The number of nitrogens with zero attached hydrogens (tertiary/aromatic N) is 1. The molecule has 1 aromatic carbocycles. The Morgan fingerprint density at radius 1 is 1.23 bits per heavy atom. The number of methoxy groups -OCH3 is 2. The number of aryl methyl sites for hydroxylation is 1. The predicted octanol–water partition coefficient (Wildman–Crippen LogP) is 2.88. The average molecular weight is 427 g/mol. The molecule has 1 amide bonds. The number of aromatic nitrogens is 1. The van der Waals surface area contributed by atoms with Gasteiger partial charge in [0.2, 0.25) is 0 Å². The third-order valence-corrected chi connectivity index (χ3v) is 4.18. The van der Waals surface area contributed by atoms with Crippen LogP contribution in [0, 0.1) is 6.92 Å². The fourth-order valence-electron chi connectivity index (χ4n) is 2.13. The number of halogens is 1. The first-order chi connectivity index (χ1) is 12.3. The fraction of sp³-hybridized carbons (Fsp3) is 0.353. The van der Waals surface area contributed by atoms with Gasteiger partial charge in [-0.1, -0.05) is 21.1 Å². The van der Waals surface area contributed by atoms with Gasteiger partial charge in [0.25, 0.3) is 5.91 Å². The van der Waals surface area contributed by atoms with Gasteiger partial charge in [-0.2, -0.15) is 0 Å². The molecule has 0 bridgehead atoms. The van der Waals surface area contributed by atoms with E-state index in [9.17, 15) is 9.59 Å². The molecule has 1 unspecified atom stereocenters. The van der Waals surface area contributed by atoms with Crippen LogP contribution in [0.5, 0.6) is 11.5 Å². The van der Waals surface area contributed by atoms with E-state index in [1.165, 1.54) is 21.1 Å². The number of carbonyl (C=O) groups excluding carboxylic acids is 2. The summed E-state index contributed by atoms with van der Waals surface area (Å²) in [5.41, 5.74) is 0.646. The molecule has 1 aromatic heterocycles. The van der Waals surface area contributed by atoms with Gasteiger partial charge in [-0.25, -0.2) is 0 Å². The van der Waals surface area contributed by atoms with Crippen molar-refractivity contribution in [1.29, 1.82) is 0 Å². The number of carbonyl (C=O) groups is 2. The minimum atomic E-state index is -0.988. The van der Waals surface area contributed by atoms with Crippen molar-refractivity contribution in [2.75, 3.05) is 19.5 Å². The number of ether oxygens (including phenoxy) is 3. The molecule has 2 aromatic rings. The molecule has 26 heavy (non-hydrogen) atoms. The van der Waals surface area contributed by atoms with Gasteiger partial charge in [-0.3, -0.25) is 9.59 Å². The van der Waals surface area contributed by atoms with Gasteiger partial charge in [0, 0.05) is 10.5 Å². The summed E-state index contributed by atoms with van der Waals surface area (Å²) in [5.74, 6) is 0.786. The van der Waals surface area contributed by atoms with Crippen molar-refractivity contribution in [3.05, 3.63) is 34.0 Å². The quantitative estimate of drug-likeness (QED) is 0.679. The summed E-state index contributed by atoms with van der Waals surface area (Å²) in [7, 11) is 3.03. The average Bonchev–Trinajstić information content (AvgIpc) is 3.00. The molecule has 0 aliphatic carbocycles. The van der Waals surface area contributed by atoms with Crippen molar-refractivity contribution < 1.29 is 28.3 Å². The van der Waals surface area contributed by atoms with Gasteiger partial charge in [-0.15, -0.1) is 0 Å². The summed E-state index contributed by atoms with van der Waals surface area (Å²) in [6.07, 6.45) is -1.03. The summed E-state index contributed by atoms with van der Waals surface area (Å²) in [4.78, 5) is 24.2. The smallest absolute Gasteiger partial charge is 0.311 e. The van der Waals surface area contributed by atoms with E-state index in [4.69, 9.17) is 18.7 Å². The van der Waals surface area contributed by atoms with E-state index in [0.717, 1.165) is 0 Å². The molecule has 0 aliphatic heterocycles. The molecule has 1 heterocycles. The number of hydrogen-bond acceptors (Lipinski definition) is 7. The lowest BCUT2D eigenvalue weighted by molar-refractivity contribution is -0.152. The van der Waals surface area contributed by atoms with Crippen LogP contribution in [0.25, 0.3) is 0 Å². The number of amides is 1. The summed E-state index contributed by atoms with van der Waals surface area (Å²) >= 11 is 3.38. The topological polar surface area (TPSA) is 99.9 Å². The highest BCUT2D eigenvalue weighted by molar-refractivity contribution is 9.10. The molecule has 9 heteroatoms. The molecular formula is C17H19BrN2O6. The number of esters is 1. The number of anilines is 1. The first kappa shape index (κ1) is 19.8. The van der Waals surface area contributed by atoms with E-state index < -0.39 is 18.0 Å². The maximum Gasteiger partial charge on any atom is 0.311 e. The Bertz CT molecular complexity index is 805. The van der Waals surface area contributed by atoms with Crippen LogP contribution in [0.1, 0.15) is 18.2 Å². The second kappa shape index (κ2) is 8.70. The van der Waals surface area contributed by atoms with Crippen LogP contribution in [-0.2, 0) is 20.7 Å². The van der Waals surface area contributed by atoms with Gasteiger partial charge >= 0.3 is 5.97 Å². The summed E-state index contributed by atoms with van der Waals surface area (Å²) in [5, 5.41) is 6.16. The highest BCUT2D eigenvalue weighted by atomic mass is 79.9. The van der Waals surface area contributed by atoms with Crippen LogP contribution < -0.4 is 14.8 Å². The first-order valence-corrected chi connectivity index (χ1v) is 8.47. The minimum Gasteiger partial charge on any atom is -0.493 e. The van der Waals surface area contributed by atoms with Crippen LogP contribution in [0.4, 0.5) is 5.82 Å². The highest BCUT2D eigenvalue weighted by Gasteiger charge is 2.20. The molecular weight excluding hydrogens is 408 g/mol. The Morgan fingerprint density at radius 2 is 1.88 bits per heavy atom. The number of hydrogen-bond donors (Lipinski definition) is 1. The standard InChI is InChI=1S/C17H19BrN2O6/c1-9-5-15(20-26-9)19-17(22)10(2)25-16(21)7-11-6-13(23-3)14(24-4)8-12(11)18/h5-6,8,10H,7H2,1-4H3,(H,19,20,22). The molecule has 0 radical (unpaired) electrons. The lowest BCUT2D eigenvalue weighted by Gasteiger charge is -2.14. The zero-order valence-corrected chi connectivity index (χ0v) is 16.4. The first-order valence-electron chi connectivity index (χ1n) is 7.68. The SMILES string of the molecule is COc1cc(Br)c(CC(=O)OC(C)C(=O)Nc2cc(C)on2)cc1OC. The molecule has 2 rings (SSSR count). The number of benzene rings is 1. The lowest BCUT2D eigenvalue weighted by atomic mass is 10.1. The van der Waals surface area contributed by atoms with Gasteiger partial charge in [0.05, 0.1) is 20.6 Å². The lowest BCUT2D eigenvalue weighted by Crippen LogP contribution is -2.30. The molecule has 0 aliphatic rings. The third kappa shape index (κ3) is 4.98. The van der Waals surface area contributed by atoms with Crippen LogP contribution in [-0.4, -0.2) is 37.4 Å². The summed E-state index contributed by atoms with van der Waals surface area (Å²) in [6.45, 7) is 3.18. The fourth-order valence-corrected chi connectivity index (χ4v) is 2.60. The van der Waals surface area contributed by atoms with Gasteiger partial charge in [0.15, 0.2) is 23.4 Å². The van der Waals surface area contributed by atoms with Gasteiger partial charge in [0.1, 0.15) is 5.76 Å². The zero-order chi connectivity index (χ0) is 19.3. The highest BCUT2D eigenvalue weighted by Crippen LogP contribution is 2.33. The van der Waals surface area contributed by atoms with Crippen molar-refractivity contribution in [2.45, 2.75) is 26.4 Å². The third-order valence-electron chi connectivity index (χ3n) is 3.44. The molecule has 0 saturated heterocycles. The largest absolute Gasteiger partial charge is 0.493 e. The van der Waals surface area contributed by atoms with Gasteiger partial charge in [-0.05, 0) is 31.5 Å². The predicted molar refractivity (Wildman–Crippen MR) is 96.4 cm³/mol. The zero-order valence-electron chi connectivity index (χ0n) is 14.8. The number of rotatable bonds is 7. The molecule has 0 fully saturated rings. The van der Waals surface area contributed by atoms with E-state index in [1.807, 2.05) is 0 Å². The van der Waals surface area contributed by atoms with Crippen LogP contribution in [0.3, 0.4) is 0 Å². The molecule has 0 spiro atoms. The van der Waals surface area contributed by atoms with Crippen molar-refractivity contribution in [1.82, 2.24) is 5.16 Å². The van der Waals surface area contributed by atoms with Crippen molar-refractivity contribution >= 4 is 33.6 Å². The van der Waals surface area contributed by atoms with Gasteiger partial charge < -0.3 is 24.1 Å². The van der Waals surface area contributed by atoms with Crippen molar-refractivity contribution in [2.24, 2.45) is 0 Å². The van der Waals surface area contributed by atoms with Crippen molar-refractivity contribution in [3.8, 4) is 11.5 Å². The molecule has 1 atom stereocenters. The normalized spacial score (nSPS) is 11.6. The molecule has 140 valence electrons. The second-order valence-electron chi connectivity index (χ2n) is 5.42.